The number of hydrogen-bond donors (Lipinski definition) is 1. The standard InChI is InChI=1S/C19H20N2O5/c1-24-14-4-5-20-13(7-14)8-21-9-15(16(10-21)19(22)23)12-2-3-17-18(6-12)26-11-25-17/h2-7,15-16H,8-11H2,1H3,(H,22,23)/t15-,16+/m0/s1. The summed E-state index contributed by atoms with van der Waals surface area (Å²) in [5.41, 5.74) is 1.82. The lowest BCUT2D eigenvalue weighted by molar-refractivity contribution is -0.141. The van der Waals surface area contributed by atoms with E-state index in [0.29, 0.717) is 31.1 Å². The van der Waals surface area contributed by atoms with E-state index in [2.05, 4.69) is 9.88 Å². The average Bonchev–Trinajstić information content (AvgIpc) is 3.28. The van der Waals surface area contributed by atoms with E-state index in [9.17, 15) is 9.90 Å². The summed E-state index contributed by atoms with van der Waals surface area (Å²) in [4.78, 5) is 18.3. The molecule has 1 saturated heterocycles. The number of carboxylic acid groups (broad SMARTS) is 1. The summed E-state index contributed by atoms with van der Waals surface area (Å²) in [6, 6.07) is 9.35. The maximum atomic E-state index is 11.8. The van der Waals surface area contributed by atoms with Crippen LogP contribution in [0.3, 0.4) is 0 Å². The fourth-order valence-electron chi connectivity index (χ4n) is 3.64. The lowest BCUT2D eigenvalue weighted by Crippen LogP contribution is -2.23. The van der Waals surface area contributed by atoms with E-state index in [4.69, 9.17) is 14.2 Å². The first kappa shape index (κ1) is 16.7. The predicted molar refractivity (Wildman–Crippen MR) is 92.5 cm³/mol. The van der Waals surface area contributed by atoms with Crippen molar-refractivity contribution in [2.45, 2.75) is 12.5 Å². The van der Waals surface area contributed by atoms with Gasteiger partial charge in [-0.25, -0.2) is 0 Å². The smallest absolute Gasteiger partial charge is 0.308 e. The minimum atomic E-state index is -0.784. The summed E-state index contributed by atoms with van der Waals surface area (Å²) >= 11 is 0. The molecule has 26 heavy (non-hydrogen) atoms. The number of benzene rings is 1. The molecule has 0 amide bonds. The third-order valence-corrected chi connectivity index (χ3v) is 4.95. The van der Waals surface area contributed by atoms with Gasteiger partial charge < -0.3 is 19.3 Å². The number of hydrogen-bond acceptors (Lipinski definition) is 6. The normalized spacial score (nSPS) is 21.7. The molecule has 0 spiro atoms. The SMILES string of the molecule is COc1ccnc(CN2C[C@@H](C(=O)O)[C@H](c3ccc4c(c3)OCO4)C2)c1. The van der Waals surface area contributed by atoms with E-state index >= 15 is 0 Å². The predicted octanol–water partition coefficient (Wildman–Crippen LogP) is 2.12. The van der Waals surface area contributed by atoms with Crippen molar-refractivity contribution in [1.29, 1.82) is 0 Å². The quantitative estimate of drug-likeness (QED) is 0.879. The summed E-state index contributed by atoms with van der Waals surface area (Å²) in [5.74, 6) is 0.772. The minimum Gasteiger partial charge on any atom is -0.497 e. The van der Waals surface area contributed by atoms with E-state index < -0.39 is 11.9 Å². The van der Waals surface area contributed by atoms with Crippen LogP contribution >= 0.6 is 0 Å². The monoisotopic (exact) mass is 356 g/mol. The summed E-state index contributed by atoms with van der Waals surface area (Å²) in [7, 11) is 1.62. The van der Waals surface area contributed by atoms with Crippen molar-refractivity contribution in [2.24, 2.45) is 5.92 Å². The Morgan fingerprint density at radius 1 is 1.27 bits per heavy atom. The number of methoxy groups -OCH3 is 1. The zero-order valence-corrected chi connectivity index (χ0v) is 14.4. The average molecular weight is 356 g/mol. The van der Waals surface area contributed by atoms with Crippen LogP contribution in [0.25, 0.3) is 0 Å². The first-order valence-corrected chi connectivity index (χ1v) is 8.47. The molecule has 0 saturated carbocycles. The summed E-state index contributed by atoms with van der Waals surface area (Å²) in [5, 5.41) is 9.69. The van der Waals surface area contributed by atoms with Gasteiger partial charge >= 0.3 is 5.97 Å². The Morgan fingerprint density at radius 2 is 2.12 bits per heavy atom. The highest BCUT2D eigenvalue weighted by Gasteiger charge is 2.39. The highest BCUT2D eigenvalue weighted by atomic mass is 16.7. The number of nitrogens with zero attached hydrogens (tertiary/aromatic N) is 2. The number of rotatable bonds is 5. The molecule has 1 aromatic carbocycles. The Kier molecular flexibility index (Phi) is 4.38. The number of carbonyl (C=O) groups is 1. The van der Waals surface area contributed by atoms with Gasteiger partial charge in [-0.05, 0) is 23.8 Å². The lowest BCUT2D eigenvalue weighted by Gasteiger charge is -2.16. The number of pyridine rings is 1. The summed E-state index contributed by atoms with van der Waals surface area (Å²) in [6.07, 6.45) is 1.70. The molecule has 1 N–H and O–H groups in total. The van der Waals surface area contributed by atoms with Crippen molar-refractivity contribution in [3.05, 3.63) is 47.8 Å². The van der Waals surface area contributed by atoms with Crippen LogP contribution in [0.1, 0.15) is 17.2 Å². The first-order chi connectivity index (χ1) is 12.6. The van der Waals surface area contributed by atoms with E-state index in [1.165, 1.54) is 0 Å². The van der Waals surface area contributed by atoms with Crippen LogP contribution in [0.4, 0.5) is 0 Å². The molecule has 7 heteroatoms. The Labute approximate surface area is 151 Å². The molecule has 3 heterocycles. The molecule has 0 bridgehead atoms. The fraction of sp³-hybridized carbons (Fsp3) is 0.368. The van der Waals surface area contributed by atoms with Crippen molar-refractivity contribution < 1.29 is 24.1 Å². The molecule has 2 aliphatic rings. The Balaban J connectivity index is 1.54. The highest BCUT2D eigenvalue weighted by molar-refractivity contribution is 5.72. The molecule has 1 aromatic heterocycles. The van der Waals surface area contributed by atoms with Gasteiger partial charge in [0.05, 0.1) is 18.7 Å². The second kappa shape index (κ2) is 6.84. The van der Waals surface area contributed by atoms with Gasteiger partial charge in [0.15, 0.2) is 11.5 Å². The van der Waals surface area contributed by atoms with Crippen molar-refractivity contribution >= 4 is 5.97 Å². The molecule has 2 atom stereocenters. The molecule has 0 unspecified atom stereocenters. The van der Waals surface area contributed by atoms with E-state index in [1.807, 2.05) is 24.3 Å². The number of ether oxygens (including phenoxy) is 3. The van der Waals surface area contributed by atoms with Crippen LogP contribution in [-0.2, 0) is 11.3 Å². The van der Waals surface area contributed by atoms with Gasteiger partial charge in [0.25, 0.3) is 0 Å². The summed E-state index contributed by atoms with van der Waals surface area (Å²) in [6.45, 7) is 1.92. The van der Waals surface area contributed by atoms with Gasteiger partial charge in [-0.1, -0.05) is 6.07 Å². The third-order valence-electron chi connectivity index (χ3n) is 4.95. The number of likely N-dealkylation sites (tertiary alicyclic amines) is 1. The molecule has 0 radical (unpaired) electrons. The van der Waals surface area contributed by atoms with Crippen LogP contribution in [0.15, 0.2) is 36.5 Å². The largest absolute Gasteiger partial charge is 0.497 e. The molecular formula is C19H20N2O5. The Morgan fingerprint density at radius 3 is 2.92 bits per heavy atom. The first-order valence-electron chi connectivity index (χ1n) is 8.47. The van der Waals surface area contributed by atoms with Gasteiger partial charge in [-0.2, -0.15) is 0 Å². The van der Waals surface area contributed by atoms with Crippen molar-refractivity contribution in [2.75, 3.05) is 27.0 Å². The Bertz CT molecular complexity index is 825. The molecule has 1 fully saturated rings. The van der Waals surface area contributed by atoms with E-state index in [0.717, 1.165) is 17.0 Å². The van der Waals surface area contributed by atoms with Crippen molar-refractivity contribution in [1.82, 2.24) is 9.88 Å². The molecule has 136 valence electrons. The molecular weight excluding hydrogens is 336 g/mol. The van der Waals surface area contributed by atoms with Gasteiger partial charge in [0, 0.05) is 37.8 Å². The second-order valence-electron chi connectivity index (χ2n) is 6.55. The molecule has 0 aliphatic carbocycles. The topological polar surface area (TPSA) is 81.1 Å². The van der Waals surface area contributed by atoms with Gasteiger partial charge in [0.2, 0.25) is 6.79 Å². The zero-order chi connectivity index (χ0) is 18.1. The van der Waals surface area contributed by atoms with Crippen molar-refractivity contribution in [3.63, 3.8) is 0 Å². The molecule has 2 aromatic rings. The maximum absolute atomic E-state index is 11.8. The van der Waals surface area contributed by atoms with Crippen molar-refractivity contribution in [3.8, 4) is 17.2 Å². The lowest BCUT2D eigenvalue weighted by atomic mass is 9.89. The number of fused-ring (bicyclic) bond motifs is 1. The summed E-state index contributed by atoms with van der Waals surface area (Å²) < 4.78 is 16.0. The molecule has 4 rings (SSSR count). The van der Waals surface area contributed by atoms with Crippen LogP contribution < -0.4 is 14.2 Å². The van der Waals surface area contributed by atoms with Gasteiger partial charge in [0.1, 0.15) is 5.75 Å². The van der Waals surface area contributed by atoms with Gasteiger partial charge in [-0.3, -0.25) is 14.7 Å². The van der Waals surface area contributed by atoms with Gasteiger partial charge in [-0.15, -0.1) is 0 Å². The third kappa shape index (κ3) is 3.17. The number of aliphatic carboxylic acids is 1. The molecule has 2 aliphatic heterocycles. The molecule has 7 nitrogen and oxygen atoms in total. The van der Waals surface area contributed by atoms with E-state index in [1.54, 1.807) is 19.4 Å². The van der Waals surface area contributed by atoms with Crippen LogP contribution in [0.2, 0.25) is 0 Å². The number of carboxylic acids is 1. The zero-order valence-electron chi connectivity index (χ0n) is 14.4. The fourth-order valence-corrected chi connectivity index (χ4v) is 3.64. The number of aromatic nitrogens is 1. The van der Waals surface area contributed by atoms with Crippen LogP contribution in [-0.4, -0.2) is 48.0 Å². The van der Waals surface area contributed by atoms with Crippen LogP contribution in [0, 0.1) is 5.92 Å². The second-order valence-corrected chi connectivity index (χ2v) is 6.55. The van der Waals surface area contributed by atoms with E-state index in [-0.39, 0.29) is 12.7 Å². The van der Waals surface area contributed by atoms with Crippen LogP contribution in [0.5, 0.6) is 17.2 Å². The Hall–Kier alpha value is -2.80. The highest BCUT2D eigenvalue weighted by Crippen LogP contribution is 2.39. The minimum absolute atomic E-state index is 0.104. The maximum Gasteiger partial charge on any atom is 0.308 e.